The van der Waals surface area contributed by atoms with Crippen molar-refractivity contribution in [3.05, 3.63) is 0 Å². The third-order valence-electron chi connectivity index (χ3n) is 2.40. The highest BCUT2D eigenvalue weighted by Gasteiger charge is 2.73. The molecule has 0 aromatic carbocycles. The zero-order valence-electron chi connectivity index (χ0n) is 9.80. The van der Waals surface area contributed by atoms with E-state index in [4.69, 9.17) is 0 Å². The second-order valence-electron chi connectivity index (χ2n) is 4.80. The maximum absolute atomic E-state index is 13.0. The van der Waals surface area contributed by atoms with Crippen LogP contribution in [0.1, 0.15) is 0 Å². The van der Waals surface area contributed by atoms with Crippen molar-refractivity contribution in [1.82, 2.24) is 4.57 Å². The lowest BCUT2D eigenvalue weighted by Crippen LogP contribution is -2.59. The Balaban J connectivity index is 5.04. The van der Waals surface area contributed by atoms with Gasteiger partial charge in [0.2, 0.25) is 0 Å². The monoisotopic (exact) mass is 285 g/mol. The van der Waals surface area contributed by atoms with Gasteiger partial charge in [0.1, 0.15) is 8.24 Å². The second kappa shape index (κ2) is 4.41. The third-order valence-corrected chi connectivity index (χ3v) is 4.84. The van der Waals surface area contributed by atoms with Crippen molar-refractivity contribution in [2.45, 2.75) is 37.7 Å². The predicted octanol–water partition coefficient (Wildman–Crippen LogP) is 3.59. The van der Waals surface area contributed by atoms with E-state index in [1.165, 1.54) is 0 Å². The molecule has 0 aliphatic heterocycles. The molecule has 0 fully saturated rings. The first-order valence-corrected chi connectivity index (χ1v) is 8.11. The lowest BCUT2D eigenvalue weighted by molar-refractivity contribution is -0.354. The summed E-state index contributed by atoms with van der Waals surface area (Å²) in [6.45, 7) is 3.08. The molecule has 104 valence electrons. The van der Waals surface area contributed by atoms with Gasteiger partial charge in [-0.15, -0.1) is 0 Å². The molecule has 0 heterocycles. The van der Waals surface area contributed by atoms with E-state index >= 15 is 0 Å². The van der Waals surface area contributed by atoms with Crippen LogP contribution in [-0.2, 0) is 0 Å². The maximum atomic E-state index is 13.0. The summed E-state index contributed by atoms with van der Waals surface area (Å²) in [5.41, 5.74) is 0. The summed E-state index contributed by atoms with van der Waals surface area (Å²) in [6, 6.07) is 0. The van der Waals surface area contributed by atoms with Crippen molar-refractivity contribution < 1.29 is 30.7 Å². The topological polar surface area (TPSA) is 3.24 Å². The third kappa shape index (κ3) is 3.57. The highest BCUT2D eigenvalue weighted by molar-refractivity contribution is 6.73. The Morgan fingerprint density at radius 3 is 1.47 bits per heavy atom. The highest BCUT2D eigenvalue weighted by atomic mass is 28.3. The smallest absolute Gasteiger partial charge is 0.321 e. The van der Waals surface area contributed by atoms with E-state index in [1.54, 1.807) is 19.6 Å². The van der Waals surface area contributed by atoms with Crippen molar-refractivity contribution in [2.24, 2.45) is 0 Å². The quantitative estimate of drug-likeness (QED) is 0.563. The molecule has 0 atom stereocenters. The van der Waals surface area contributed by atoms with E-state index in [0.717, 1.165) is 11.6 Å². The Morgan fingerprint density at radius 2 is 1.24 bits per heavy atom. The molecule has 0 N–H and O–H groups in total. The average Bonchev–Trinajstić information content (AvgIpc) is 1.98. The van der Waals surface area contributed by atoms with Crippen LogP contribution in [0.15, 0.2) is 0 Å². The summed E-state index contributed by atoms with van der Waals surface area (Å²) < 4.78 is 87.5. The van der Waals surface area contributed by atoms with Crippen molar-refractivity contribution >= 4 is 8.24 Å². The predicted molar refractivity (Wildman–Crippen MR) is 51.9 cm³/mol. The largest absolute Gasteiger partial charge is 0.459 e. The number of alkyl halides is 7. The molecule has 0 aliphatic carbocycles. The van der Waals surface area contributed by atoms with Crippen LogP contribution in [0.4, 0.5) is 30.7 Å². The molecule has 0 saturated carbocycles. The molecule has 17 heavy (non-hydrogen) atoms. The van der Waals surface area contributed by atoms with Gasteiger partial charge in [-0.3, -0.25) is 0 Å². The van der Waals surface area contributed by atoms with Gasteiger partial charge in [0.15, 0.2) is 0 Å². The van der Waals surface area contributed by atoms with Gasteiger partial charge >= 0.3 is 18.0 Å². The highest BCUT2D eigenvalue weighted by Crippen LogP contribution is 2.46. The van der Waals surface area contributed by atoms with E-state index in [9.17, 15) is 30.7 Å². The molecule has 0 unspecified atom stereocenters. The van der Waals surface area contributed by atoms with Gasteiger partial charge in [0.05, 0.1) is 6.54 Å². The van der Waals surface area contributed by atoms with Gasteiger partial charge in [0, 0.05) is 0 Å². The summed E-state index contributed by atoms with van der Waals surface area (Å²) in [5, 5.41) is 0. The van der Waals surface area contributed by atoms with E-state index in [2.05, 4.69) is 0 Å². The Labute approximate surface area is 95.7 Å². The number of rotatable bonds is 4. The number of halogens is 7. The number of hydrogen-bond donors (Lipinski definition) is 0. The van der Waals surface area contributed by atoms with E-state index in [1.807, 2.05) is 0 Å². The van der Waals surface area contributed by atoms with Crippen LogP contribution in [0.25, 0.3) is 0 Å². The lowest BCUT2D eigenvalue weighted by atomic mass is 10.1. The minimum atomic E-state index is -6.25. The van der Waals surface area contributed by atoms with Crippen molar-refractivity contribution in [2.75, 3.05) is 13.6 Å². The van der Waals surface area contributed by atoms with Crippen LogP contribution in [0.2, 0.25) is 19.6 Å². The van der Waals surface area contributed by atoms with Crippen LogP contribution in [-0.4, -0.2) is 44.4 Å². The standard InChI is InChI=1S/C8H14F7NSi/c1-16(17(2,3)4)5-6(9,10)7(11,12)8(13,14)15/h5H2,1-4H3. The van der Waals surface area contributed by atoms with E-state index in [0.29, 0.717) is 0 Å². The van der Waals surface area contributed by atoms with Gasteiger partial charge in [0.25, 0.3) is 0 Å². The van der Waals surface area contributed by atoms with Gasteiger partial charge in [-0.25, -0.2) is 0 Å². The second-order valence-corrected chi connectivity index (χ2v) is 9.91. The molecule has 0 aliphatic rings. The molecule has 0 aromatic rings. The van der Waals surface area contributed by atoms with Gasteiger partial charge in [-0.05, 0) is 7.05 Å². The molecule has 0 saturated heterocycles. The first-order chi connectivity index (χ1) is 7.13. The zero-order valence-corrected chi connectivity index (χ0v) is 10.8. The molecule has 0 spiro atoms. The Bertz CT molecular complexity index is 268. The fraction of sp³-hybridized carbons (Fsp3) is 1.00. The van der Waals surface area contributed by atoms with Crippen molar-refractivity contribution in [3.8, 4) is 0 Å². The fourth-order valence-electron chi connectivity index (χ4n) is 0.842. The average molecular weight is 285 g/mol. The number of nitrogens with zero attached hydrogens (tertiary/aromatic N) is 1. The van der Waals surface area contributed by atoms with Crippen molar-refractivity contribution in [1.29, 1.82) is 0 Å². The minimum Gasteiger partial charge on any atom is -0.321 e. The lowest BCUT2D eigenvalue weighted by Gasteiger charge is -2.36. The van der Waals surface area contributed by atoms with E-state index in [-0.39, 0.29) is 0 Å². The molecule has 0 aromatic heterocycles. The van der Waals surface area contributed by atoms with Crippen molar-refractivity contribution in [3.63, 3.8) is 0 Å². The molecule has 0 amide bonds. The summed E-state index contributed by atoms with van der Waals surface area (Å²) in [6.07, 6.45) is -6.25. The fourth-order valence-corrected chi connectivity index (χ4v) is 1.51. The molecule has 0 radical (unpaired) electrons. The summed E-state index contributed by atoms with van der Waals surface area (Å²) in [5.74, 6) is -11.2. The molecular formula is C8H14F7NSi. The van der Waals surface area contributed by atoms with Crippen LogP contribution < -0.4 is 0 Å². The zero-order chi connectivity index (χ0) is 14.3. The molecular weight excluding hydrogens is 271 g/mol. The Morgan fingerprint density at radius 1 is 0.882 bits per heavy atom. The van der Waals surface area contributed by atoms with Crippen LogP contribution in [0.5, 0.6) is 0 Å². The van der Waals surface area contributed by atoms with E-state index < -0.39 is 32.8 Å². The first kappa shape index (κ1) is 16.7. The van der Waals surface area contributed by atoms with Crippen LogP contribution in [0, 0.1) is 0 Å². The Kier molecular flexibility index (Phi) is 4.33. The normalized spacial score (nSPS) is 15.5. The van der Waals surface area contributed by atoms with Gasteiger partial charge in [-0.2, -0.15) is 30.7 Å². The van der Waals surface area contributed by atoms with Gasteiger partial charge in [-0.1, -0.05) is 19.6 Å². The molecule has 0 rings (SSSR count). The summed E-state index contributed by atoms with van der Waals surface area (Å²) in [4.78, 5) is 0. The Hall–Kier alpha value is -0.313. The minimum absolute atomic E-state index is 0.882. The molecule has 1 nitrogen and oxygen atoms in total. The molecule has 9 heteroatoms. The molecule has 0 bridgehead atoms. The maximum Gasteiger partial charge on any atom is 0.459 e. The summed E-state index contributed by atoms with van der Waals surface area (Å²) >= 11 is 0. The van der Waals surface area contributed by atoms with Crippen LogP contribution >= 0.6 is 0 Å². The summed E-state index contributed by atoms with van der Waals surface area (Å²) in [7, 11) is -1.24. The number of hydrogen-bond acceptors (Lipinski definition) is 1. The SMILES string of the molecule is CN(CC(F)(F)C(F)(F)C(F)(F)F)[Si](C)(C)C. The first-order valence-electron chi connectivity index (χ1n) is 4.66. The van der Waals surface area contributed by atoms with Crippen LogP contribution in [0.3, 0.4) is 0 Å². The van der Waals surface area contributed by atoms with Gasteiger partial charge < -0.3 is 4.57 Å².